The first-order valence-corrected chi connectivity index (χ1v) is 7.27. The molecule has 0 spiro atoms. The van der Waals surface area contributed by atoms with Gasteiger partial charge in [-0.15, -0.1) is 0 Å². The Labute approximate surface area is 130 Å². The first-order chi connectivity index (χ1) is 10.6. The molecule has 0 aliphatic carbocycles. The third kappa shape index (κ3) is 2.86. The van der Waals surface area contributed by atoms with Gasteiger partial charge in [0.25, 0.3) is 0 Å². The summed E-state index contributed by atoms with van der Waals surface area (Å²) in [6.07, 6.45) is 0. The second-order valence-electron chi connectivity index (χ2n) is 5.93. The molecule has 4 heteroatoms. The molecule has 0 saturated carbocycles. The average Bonchev–Trinajstić information content (AvgIpc) is 2.53. The highest BCUT2D eigenvalue weighted by Crippen LogP contribution is 2.29. The van der Waals surface area contributed by atoms with Gasteiger partial charge >= 0.3 is 0 Å². The summed E-state index contributed by atoms with van der Waals surface area (Å²) in [5.74, 6) is 1.14. The first kappa shape index (κ1) is 14.3. The third-order valence-corrected chi connectivity index (χ3v) is 3.60. The molecule has 22 heavy (non-hydrogen) atoms. The van der Waals surface area contributed by atoms with Crippen LogP contribution in [-0.2, 0) is 5.41 Å². The van der Waals surface area contributed by atoms with Gasteiger partial charge in [-0.1, -0.05) is 50.2 Å². The molecule has 2 aromatic carbocycles. The summed E-state index contributed by atoms with van der Waals surface area (Å²) in [4.78, 5) is 8.77. The van der Waals surface area contributed by atoms with Gasteiger partial charge < -0.3 is 10.5 Å². The van der Waals surface area contributed by atoms with E-state index in [-0.39, 0.29) is 5.41 Å². The number of aromatic nitrogens is 2. The van der Waals surface area contributed by atoms with Crippen LogP contribution in [0.25, 0.3) is 10.9 Å². The fourth-order valence-electron chi connectivity index (χ4n) is 2.46. The van der Waals surface area contributed by atoms with Crippen LogP contribution in [0.1, 0.15) is 19.5 Å². The normalized spacial score (nSPS) is 11.5. The molecule has 4 nitrogen and oxygen atoms in total. The van der Waals surface area contributed by atoms with Crippen LogP contribution in [0.4, 0.5) is 5.95 Å². The number of hydrogen-bond acceptors (Lipinski definition) is 4. The lowest BCUT2D eigenvalue weighted by atomic mass is 9.87. The third-order valence-electron chi connectivity index (χ3n) is 3.60. The summed E-state index contributed by atoms with van der Waals surface area (Å²) in [6, 6.07) is 17.7. The van der Waals surface area contributed by atoms with Gasteiger partial charge in [0.05, 0.1) is 17.8 Å². The van der Waals surface area contributed by atoms with Crippen LogP contribution in [0.3, 0.4) is 0 Å². The Hall–Kier alpha value is -2.62. The minimum absolute atomic E-state index is 0.285. The number of fused-ring (bicyclic) bond motifs is 1. The molecule has 0 amide bonds. The molecule has 112 valence electrons. The van der Waals surface area contributed by atoms with Crippen molar-refractivity contribution in [2.75, 3.05) is 12.3 Å². The van der Waals surface area contributed by atoms with Crippen LogP contribution >= 0.6 is 0 Å². The van der Waals surface area contributed by atoms with E-state index in [1.807, 2.05) is 54.6 Å². The van der Waals surface area contributed by atoms with Crippen molar-refractivity contribution < 1.29 is 4.74 Å². The molecule has 3 aromatic rings. The molecular weight excluding hydrogens is 274 g/mol. The lowest BCUT2D eigenvalue weighted by Crippen LogP contribution is -2.28. The molecule has 0 bridgehead atoms. The minimum atomic E-state index is -0.285. The first-order valence-electron chi connectivity index (χ1n) is 7.27. The van der Waals surface area contributed by atoms with E-state index in [1.165, 1.54) is 0 Å². The van der Waals surface area contributed by atoms with Gasteiger partial charge in [-0.3, -0.25) is 0 Å². The lowest BCUT2D eigenvalue weighted by Gasteiger charge is -2.25. The Morgan fingerprint density at radius 3 is 2.41 bits per heavy atom. The second-order valence-corrected chi connectivity index (χ2v) is 5.93. The van der Waals surface area contributed by atoms with Crippen LogP contribution in [0, 0.1) is 0 Å². The molecule has 1 heterocycles. The van der Waals surface area contributed by atoms with Crippen molar-refractivity contribution in [1.29, 1.82) is 0 Å². The predicted octanol–water partition coefficient (Wildman–Crippen LogP) is 3.57. The number of rotatable bonds is 4. The predicted molar refractivity (Wildman–Crippen MR) is 88.9 cm³/mol. The van der Waals surface area contributed by atoms with Gasteiger partial charge in [0.15, 0.2) is 0 Å². The van der Waals surface area contributed by atoms with Crippen LogP contribution in [0.5, 0.6) is 5.75 Å². The number of para-hydroxylation sites is 2. The maximum atomic E-state index is 5.91. The number of hydrogen-bond donors (Lipinski definition) is 1. The summed E-state index contributed by atoms with van der Waals surface area (Å²) < 4.78 is 5.91. The zero-order chi connectivity index (χ0) is 15.6. The Morgan fingerprint density at radius 1 is 0.955 bits per heavy atom. The van der Waals surface area contributed by atoms with E-state index >= 15 is 0 Å². The molecule has 0 atom stereocenters. The molecule has 3 rings (SSSR count). The van der Waals surface area contributed by atoms with E-state index < -0.39 is 0 Å². The largest absolute Gasteiger partial charge is 0.493 e. The molecular formula is C18H19N3O. The number of ether oxygens (including phenoxy) is 1. The van der Waals surface area contributed by atoms with Crippen molar-refractivity contribution in [2.24, 2.45) is 0 Å². The van der Waals surface area contributed by atoms with Crippen molar-refractivity contribution in [3.63, 3.8) is 0 Å². The average molecular weight is 293 g/mol. The quantitative estimate of drug-likeness (QED) is 0.799. The van der Waals surface area contributed by atoms with E-state index in [0.29, 0.717) is 12.6 Å². The number of nitrogen functional groups attached to an aromatic ring is 1. The second kappa shape index (κ2) is 5.64. The highest BCUT2D eigenvalue weighted by atomic mass is 16.5. The van der Waals surface area contributed by atoms with Crippen molar-refractivity contribution >= 4 is 16.9 Å². The van der Waals surface area contributed by atoms with Gasteiger partial charge in [0.2, 0.25) is 5.95 Å². The summed E-state index contributed by atoms with van der Waals surface area (Å²) in [5.41, 5.74) is 7.35. The van der Waals surface area contributed by atoms with Crippen molar-refractivity contribution in [3.05, 3.63) is 60.3 Å². The zero-order valence-corrected chi connectivity index (χ0v) is 12.8. The van der Waals surface area contributed by atoms with E-state index in [9.17, 15) is 0 Å². The van der Waals surface area contributed by atoms with E-state index in [1.54, 1.807) is 0 Å². The number of anilines is 1. The highest BCUT2D eigenvalue weighted by molar-refractivity contribution is 5.82. The Balaban J connectivity index is 1.94. The summed E-state index contributed by atoms with van der Waals surface area (Å²) in [5, 5.41) is 1.01. The standard InChI is InChI=1S/C18H19N3O/c1-18(2,12-22-13-8-4-3-5-9-13)16-14-10-6-7-11-15(14)20-17(19)21-16/h3-11H,12H2,1-2H3,(H2,19,20,21). The molecule has 2 N–H and O–H groups in total. The van der Waals surface area contributed by atoms with Crippen LogP contribution in [0.2, 0.25) is 0 Å². The van der Waals surface area contributed by atoms with Crippen molar-refractivity contribution in [3.8, 4) is 5.75 Å². The number of nitrogens with two attached hydrogens (primary N) is 1. The summed E-state index contributed by atoms with van der Waals surface area (Å²) in [7, 11) is 0. The Bertz CT molecular complexity index is 785. The van der Waals surface area contributed by atoms with Crippen molar-refractivity contribution in [1.82, 2.24) is 9.97 Å². The lowest BCUT2D eigenvalue weighted by molar-refractivity contribution is 0.238. The molecule has 0 aliphatic heterocycles. The van der Waals surface area contributed by atoms with Crippen LogP contribution < -0.4 is 10.5 Å². The Morgan fingerprint density at radius 2 is 1.64 bits per heavy atom. The smallest absolute Gasteiger partial charge is 0.220 e. The number of nitrogens with zero attached hydrogens (tertiary/aromatic N) is 2. The summed E-state index contributed by atoms with van der Waals surface area (Å²) >= 11 is 0. The van der Waals surface area contributed by atoms with Gasteiger partial charge in [-0.05, 0) is 18.2 Å². The molecule has 0 unspecified atom stereocenters. The van der Waals surface area contributed by atoms with Gasteiger partial charge in [-0.25, -0.2) is 9.97 Å². The van der Waals surface area contributed by atoms with E-state index in [2.05, 4.69) is 23.8 Å². The molecule has 0 aliphatic rings. The Kier molecular flexibility index (Phi) is 3.67. The molecule has 0 radical (unpaired) electrons. The van der Waals surface area contributed by atoms with Crippen LogP contribution in [0.15, 0.2) is 54.6 Å². The van der Waals surface area contributed by atoms with Gasteiger partial charge in [0.1, 0.15) is 5.75 Å². The fraction of sp³-hybridized carbons (Fsp3) is 0.222. The maximum Gasteiger partial charge on any atom is 0.220 e. The maximum absolute atomic E-state index is 5.91. The fourth-order valence-corrected chi connectivity index (χ4v) is 2.46. The monoisotopic (exact) mass is 293 g/mol. The number of benzene rings is 2. The molecule has 1 aromatic heterocycles. The van der Waals surface area contributed by atoms with Crippen LogP contribution in [-0.4, -0.2) is 16.6 Å². The van der Waals surface area contributed by atoms with E-state index in [4.69, 9.17) is 10.5 Å². The minimum Gasteiger partial charge on any atom is -0.493 e. The van der Waals surface area contributed by atoms with Gasteiger partial charge in [0, 0.05) is 10.8 Å². The van der Waals surface area contributed by atoms with E-state index in [0.717, 1.165) is 22.3 Å². The SMILES string of the molecule is CC(C)(COc1ccccc1)c1nc(N)nc2ccccc12. The molecule has 0 saturated heterocycles. The van der Waals surface area contributed by atoms with Gasteiger partial charge in [-0.2, -0.15) is 0 Å². The molecule has 0 fully saturated rings. The summed E-state index contributed by atoms with van der Waals surface area (Å²) in [6.45, 7) is 4.71. The highest BCUT2D eigenvalue weighted by Gasteiger charge is 2.26. The zero-order valence-electron chi connectivity index (χ0n) is 12.8. The topological polar surface area (TPSA) is 61.0 Å². The van der Waals surface area contributed by atoms with Crippen molar-refractivity contribution in [2.45, 2.75) is 19.3 Å².